The van der Waals surface area contributed by atoms with Crippen LogP contribution in [-0.2, 0) is 9.59 Å². The average molecular weight is 356 g/mol. The smallest absolute Gasteiger partial charge is 0.244 e. The normalized spacial score (nSPS) is 17.0. The molecule has 7 heteroatoms. The fourth-order valence-corrected chi connectivity index (χ4v) is 3.11. The molecule has 136 valence electrons. The number of benzene rings is 1. The maximum atomic E-state index is 13.9. The summed E-state index contributed by atoms with van der Waals surface area (Å²) in [4.78, 5) is 32.1. The van der Waals surface area contributed by atoms with Crippen LogP contribution in [0.15, 0.2) is 42.6 Å². The van der Waals surface area contributed by atoms with E-state index in [2.05, 4.69) is 10.3 Å². The van der Waals surface area contributed by atoms with Gasteiger partial charge >= 0.3 is 0 Å². The van der Waals surface area contributed by atoms with Gasteiger partial charge in [0.15, 0.2) is 0 Å². The molecule has 1 saturated heterocycles. The minimum atomic E-state index is -0.453. The topological polar surface area (TPSA) is 65.5 Å². The summed E-state index contributed by atoms with van der Waals surface area (Å²) in [5, 5.41) is 2.73. The third kappa shape index (κ3) is 3.88. The fourth-order valence-electron chi connectivity index (χ4n) is 3.11. The number of carbonyl (C=O) groups excluding carboxylic acids is 2. The Bertz CT molecular complexity index is 827. The molecule has 2 aromatic rings. The van der Waals surface area contributed by atoms with Crippen molar-refractivity contribution in [3.8, 4) is 0 Å². The molecule has 0 radical (unpaired) electrons. The van der Waals surface area contributed by atoms with E-state index in [1.807, 2.05) is 13.0 Å². The summed E-state index contributed by atoms with van der Waals surface area (Å²) in [6, 6.07) is 9.38. The van der Waals surface area contributed by atoms with E-state index in [1.165, 1.54) is 11.0 Å². The van der Waals surface area contributed by atoms with Crippen LogP contribution in [0.1, 0.15) is 12.0 Å². The van der Waals surface area contributed by atoms with E-state index in [9.17, 15) is 14.0 Å². The molecule has 6 nitrogen and oxygen atoms in total. The predicted molar refractivity (Wildman–Crippen MR) is 97.4 cm³/mol. The molecule has 2 heterocycles. The van der Waals surface area contributed by atoms with Gasteiger partial charge in [-0.25, -0.2) is 9.37 Å². The average Bonchev–Trinajstić information content (AvgIpc) is 2.96. The summed E-state index contributed by atoms with van der Waals surface area (Å²) >= 11 is 0. The Kier molecular flexibility index (Phi) is 5.27. The summed E-state index contributed by atoms with van der Waals surface area (Å²) in [5.41, 5.74) is 1.27. The summed E-state index contributed by atoms with van der Waals surface area (Å²) in [6.45, 7) is 2.39. The zero-order valence-electron chi connectivity index (χ0n) is 14.8. The lowest BCUT2D eigenvalue weighted by Crippen LogP contribution is -2.43. The highest BCUT2D eigenvalue weighted by Gasteiger charge is 2.36. The van der Waals surface area contributed by atoms with Gasteiger partial charge < -0.3 is 10.2 Å². The molecule has 1 aliphatic rings. The number of pyridine rings is 1. The first-order chi connectivity index (χ1) is 12.5. The number of halogens is 1. The van der Waals surface area contributed by atoms with E-state index in [4.69, 9.17) is 0 Å². The van der Waals surface area contributed by atoms with Crippen LogP contribution in [0.3, 0.4) is 0 Å². The molecule has 1 aromatic heterocycles. The minimum absolute atomic E-state index is 0.0527. The summed E-state index contributed by atoms with van der Waals surface area (Å²) in [6.07, 6.45) is 2.17. The monoisotopic (exact) mass is 356 g/mol. The first-order valence-corrected chi connectivity index (χ1v) is 8.44. The van der Waals surface area contributed by atoms with Gasteiger partial charge in [-0.2, -0.15) is 0 Å². The summed E-state index contributed by atoms with van der Waals surface area (Å²) < 4.78 is 13.9. The van der Waals surface area contributed by atoms with Crippen molar-refractivity contribution in [3.05, 3.63) is 54.0 Å². The Morgan fingerprint density at radius 1 is 1.38 bits per heavy atom. The van der Waals surface area contributed by atoms with Gasteiger partial charge in [-0.1, -0.05) is 12.1 Å². The number of anilines is 2. The molecule has 0 saturated carbocycles. The van der Waals surface area contributed by atoms with Gasteiger partial charge in [0.05, 0.1) is 18.3 Å². The molecule has 1 N–H and O–H groups in total. The number of hydrogen-bond acceptors (Lipinski definition) is 4. The van der Waals surface area contributed by atoms with E-state index < -0.39 is 11.9 Å². The lowest BCUT2D eigenvalue weighted by atomic mass is 10.2. The second kappa shape index (κ2) is 7.61. The van der Waals surface area contributed by atoms with E-state index >= 15 is 0 Å². The van der Waals surface area contributed by atoms with Crippen molar-refractivity contribution in [2.45, 2.75) is 19.4 Å². The van der Waals surface area contributed by atoms with Gasteiger partial charge in [-0.15, -0.1) is 0 Å². The number of amides is 2. The molecular weight excluding hydrogens is 335 g/mol. The number of para-hydroxylation sites is 1. The van der Waals surface area contributed by atoms with E-state index in [-0.39, 0.29) is 24.0 Å². The number of nitrogens with zero attached hydrogens (tertiary/aromatic N) is 3. The Morgan fingerprint density at radius 2 is 2.15 bits per heavy atom. The number of rotatable bonds is 5. The van der Waals surface area contributed by atoms with Crippen LogP contribution in [0.5, 0.6) is 0 Å². The molecule has 1 aliphatic heterocycles. The summed E-state index contributed by atoms with van der Waals surface area (Å²) in [7, 11) is 1.72. The SMILES string of the molecule is Cc1ccnc(NC(=O)CN(C)C2CCN(c3ccccc3F)C2=O)c1. The first kappa shape index (κ1) is 18.0. The number of nitrogens with one attached hydrogen (secondary N) is 1. The Hall–Kier alpha value is -2.80. The fraction of sp³-hybridized carbons (Fsp3) is 0.316. The molecular formula is C19H21FN4O2. The molecule has 0 bridgehead atoms. The molecule has 1 unspecified atom stereocenters. The minimum Gasteiger partial charge on any atom is -0.310 e. The van der Waals surface area contributed by atoms with Crippen LogP contribution in [0.2, 0.25) is 0 Å². The van der Waals surface area contributed by atoms with E-state index in [1.54, 1.807) is 42.4 Å². The second-order valence-electron chi connectivity index (χ2n) is 6.43. The van der Waals surface area contributed by atoms with Crippen molar-refractivity contribution >= 4 is 23.3 Å². The van der Waals surface area contributed by atoms with Crippen LogP contribution in [-0.4, -0.2) is 47.9 Å². The second-order valence-corrected chi connectivity index (χ2v) is 6.43. The van der Waals surface area contributed by atoms with Crippen LogP contribution < -0.4 is 10.2 Å². The molecule has 26 heavy (non-hydrogen) atoms. The molecule has 0 aliphatic carbocycles. The maximum absolute atomic E-state index is 13.9. The first-order valence-electron chi connectivity index (χ1n) is 8.44. The van der Waals surface area contributed by atoms with Crippen molar-refractivity contribution in [3.63, 3.8) is 0 Å². The third-order valence-electron chi connectivity index (χ3n) is 4.43. The Labute approximate surface area is 151 Å². The zero-order valence-corrected chi connectivity index (χ0v) is 14.8. The van der Waals surface area contributed by atoms with Crippen molar-refractivity contribution in [1.29, 1.82) is 0 Å². The van der Waals surface area contributed by atoms with Crippen LogP contribution >= 0.6 is 0 Å². The van der Waals surface area contributed by atoms with Crippen LogP contribution in [0.25, 0.3) is 0 Å². The zero-order chi connectivity index (χ0) is 18.7. The van der Waals surface area contributed by atoms with Crippen molar-refractivity contribution in [2.24, 2.45) is 0 Å². The van der Waals surface area contributed by atoms with Crippen LogP contribution in [0, 0.1) is 12.7 Å². The number of carbonyl (C=O) groups is 2. The predicted octanol–water partition coefficient (Wildman–Crippen LogP) is 2.20. The van der Waals surface area contributed by atoms with Crippen molar-refractivity contribution in [2.75, 3.05) is 30.4 Å². The van der Waals surface area contributed by atoms with E-state index in [0.29, 0.717) is 18.8 Å². The van der Waals surface area contributed by atoms with Gasteiger partial charge in [-0.05, 0) is 50.2 Å². The number of hydrogen-bond donors (Lipinski definition) is 1. The Morgan fingerprint density at radius 3 is 2.88 bits per heavy atom. The van der Waals surface area contributed by atoms with Gasteiger partial charge in [0.2, 0.25) is 11.8 Å². The highest BCUT2D eigenvalue weighted by atomic mass is 19.1. The van der Waals surface area contributed by atoms with Crippen molar-refractivity contribution < 1.29 is 14.0 Å². The Balaban J connectivity index is 1.62. The van der Waals surface area contributed by atoms with Gasteiger partial charge in [0.25, 0.3) is 0 Å². The van der Waals surface area contributed by atoms with E-state index in [0.717, 1.165) is 5.56 Å². The third-order valence-corrected chi connectivity index (χ3v) is 4.43. The molecule has 1 fully saturated rings. The lowest BCUT2D eigenvalue weighted by molar-refractivity contribution is -0.123. The molecule has 1 atom stereocenters. The quantitative estimate of drug-likeness (QED) is 0.892. The van der Waals surface area contributed by atoms with Gasteiger partial charge in [-0.3, -0.25) is 14.5 Å². The van der Waals surface area contributed by atoms with Gasteiger partial charge in [0.1, 0.15) is 11.6 Å². The molecule has 0 spiro atoms. The molecule has 3 rings (SSSR count). The maximum Gasteiger partial charge on any atom is 0.244 e. The standard InChI is InChI=1S/C19H21FN4O2/c1-13-7-9-21-17(11-13)22-18(25)12-23(2)16-8-10-24(19(16)26)15-6-4-3-5-14(15)20/h3-7,9,11,16H,8,10,12H2,1-2H3,(H,21,22,25). The highest BCUT2D eigenvalue weighted by Crippen LogP contribution is 2.26. The van der Waals surface area contributed by atoms with Crippen molar-refractivity contribution in [1.82, 2.24) is 9.88 Å². The molecule has 1 aromatic carbocycles. The van der Waals surface area contributed by atoms with Gasteiger partial charge in [0, 0.05) is 12.7 Å². The lowest BCUT2D eigenvalue weighted by Gasteiger charge is -2.23. The number of aryl methyl sites for hydroxylation is 1. The molecule has 2 amide bonds. The summed E-state index contributed by atoms with van der Waals surface area (Å²) in [5.74, 6) is -0.386. The number of likely N-dealkylation sites (N-methyl/N-ethyl adjacent to an activating group) is 1. The highest BCUT2D eigenvalue weighted by molar-refractivity contribution is 6.00. The van der Waals surface area contributed by atoms with Crippen LogP contribution in [0.4, 0.5) is 15.9 Å². The largest absolute Gasteiger partial charge is 0.310 e. The number of aromatic nitrogens is 1.